The number of amides is 1. The molecule has 0 bridgehead atoms. The van der Waals surface area contributed by atoms with Crippen molar-refractivity contribution in [2.24, 2.45) is 0 Å². The van der Waals surface area contributed by atoms with Gasteiger partial charge in [-0.1, -0.05) is 35.0 Å². The van der Waals surface area contributed by atoms with Crippen LogP contribution in [0.4, 0.5) is 5.69 Å². The van der Waals surface area contributed by atoms with Crippen LogP contribution in [0, 0.1) is 11.3 Å². The number of nitrogens with zero attached hydrogens (tertiary/aromatic N) is 2. The molecule has 0 saturated carbocycles. The third-order valence-corrected chi connectivity index (χ3v) is 4.97. The maximum Gasteiger partial charge on any atom is 0.270 e. The van der Waals surface area contributed by atoms with Gasteiger partial charge in [-0.2, -0.15) is 5.26 Å². The van der Waals surface area contributed by atoms with Gasteiger partial charge in [0, 0.05) is 15.7 Å². The van der Waals surface area contributed by atoms with Crippen molar-refractivity contribution in [3.63, 3.8) is 0 Å². The van der Waals surface area contributed by atoms with Gasteiger partial charge in [0.15, 0.2) is 10.9 Å². The molecule has 0 aliphatic carbocycles. The first-order valence-corrected chi connectivity index (χ1v) is 9.53. The molecule has 2 heterocycles. The molecule has 7 nitrogen and oxygen atoms in total. The Morgan fingerprint density at radius 1 is 1.36 bits per heavy atom. The van der Waals surface area contributed by atoms with Crippen LogP contribution in [0.2, 0.25) is 10.0 Å². The molecule has 10 heteroatoms. The number of hydrogen-bond donors (Lipinski definition) is 2. The van der Waals surface area contributed by atoms with Gasteiger partial charge in [0.1, 0.15) is 17.3 Å². The van der Waals surface area contributed by atoms with Gasteiger partial charge in [0.05, 0.1) is 11.5 Å². The van der Waals surface area contributed by atoms with E-state index in [1.807, 2.05) is 6.07 Å². The Bertz CT molecular complexity index is 1100. The van der Waals surface area contributed by atoms with Crippen LogP contribution in [-0.2, 0) is 4.79 Å². The van der Waals surface area contributed by atoms with Crippen molar-refractivity contribution >= 4 is 46.6 Å². The fourth-order valence-electron chi connectivity index (χ4n) is 2.29. The number of rotatable bonds is 5. The first kappa shape index (κ1) is 20.0. The number of nitrogens with one attached hydrogen (secondary N) is 2. The number of halogens is 2. The van der Waals surface area contributed by atoms with Crippen LogP contribution in [0.15, 0.2) is 51.0 Å². The van der Waals surface area contributed by atoms with E-state index < -0.39 is 10.8 Å². The molecule has 1 atom stereocenters. The second kappa shape index (κ2) is 8.52. The topological polar surface area (TPSA) is 112 Å². The highest BCUT2D eigenvalue weighted by molar-refractivity contribution is 8.00. The molecule has 2 aromatic heterocycles. The van der Waals surface area contributed by atoms with E-state index in [1.54, 1.807) is 37.3 Å². The molecular formula is C18H12Cl2N4O3S. The van der Waals surface area contributed by atoms with Crippen molar-refractivity contribution in [2.45, 2.75) is 17.3 Å². The fourth-order valence-corrected chi connectivity index (χ4v) is 3.62. The van der Waals surface area contributed by atoms with Gasteiger partial charge in [-0.3, -0.25) is 9.59 Å². The van der Waals surface area contributed by atoms with E-state index in [2.05, 4.69) is 15.3 Å². The molecule has 1 unspecified atom stereocenters. The molecule has 28 heavy (non-hydrogen) atoms. The van der Waals surface area contributed by atoms with Crippen molar-refractivity contribution in [1.82, 2.24) is 9.97 Å². The van der Waals surface area contributed by atoms with E-state index in [0.29, 0.717) is 15.7 Å². The maximum absolute atomic E-state index is 12.5. The lowest BCUT2D eigenvalue weighted by Gasteiger charge is -2.12. The number of aromatic nitrogens is 2. The van der Waals surface area contributed by atoms with Crippen LogP contribution in [0.5, 0.6) is 0 Å². The first-order valence-electron chi connectivity index (χ1n) is 7.89. The minimum Gasteiger partial charge on any atom is -0.463 e. The highest BCUT2D eigenvalue weighted by atomic mass is 35.5. The number of anilines is 1. The number of aromatic amines is 1. The summed E-state index contributed by atoms with van der Waals surface area (Å²) < 4.78 is 5.25. The zero-order valence-corrected chi connectivity index (χ0v) is 16.7. The zero-order valence-electron chi connectivity index (χ0n) is 14.3. The number of H-pyrrole nitrogens is 1. The third kappa shape index (κ3) is 4.57. The Hall–Kier alpha value is -2.73. The van der Waals surface area contributed by atoms with Crippen LogP contribution in [0.25, 0.3) is 11.5 Å². The summed E-state index contributed by atoms with van der Waals surface area (Å²) in [7, 11) is 0. The van der Waals surface area contributed by atoms with Crippen molar-refractivity contribution < 1.29 is 9.21 Å². The van der Waals surface area contributed by atoms with E-state index in [9.17, 15) is 14.9 Å². The third-order valence-electron chi connectivity index (χ3n) is 3.55. The largest absolute Gasteiger partial charge is 0.463 e. The van der Waals surface area contributed by atoms with Crippen molar-refractivity contribution in [3.05, 3.63) is 62.6 Å². The summed E-state index contributed by atoms with van der Waals surface area (Å²) in [5.41, 5.74) is -0.203. The van der Waals surface area contributed by atoms with Gasteiger partial charge < -0.3 is 14.7 Å². The summed E-state index contributed by atoms with van der Waals surface area (Å²) in [5.74, 6) is -0.0509. The molecule has 0 fully saturated rings. The van der Waals surface area contributed by atoms with Crippen molar-refractivity contribution in [1.29, 1.82) is 5.26 Å². The van der Waals surface area contributed by atoms with Crippen LogP contribution < -0.4 is 10.9 Å². The quantitative estimate of drug-likeness (QED) is 0.456. The monoisotopic (exact) mass is 434 g/mol. The fraction of sp³-hybridized carbons (Fsp3) is 0.111. The molecule has 142 valence electrons. The van der Waals surface area contributed by atoms with E-state index in [4.69, 9.17) is 27.6 Å². The molecule has 1 amide bonds. The smallest absolute Gasteiger partial charge is 0.270 e. The van der Waals surface area contributed by atoms with Crippen LogP contribution in [-0.4, -0.2) is 21.1 Å². The van der Waals surface area contributed by atoms with E-state index >= 15 is 0 Å². The molecule has 3 aromatic rings. The molecule has 3 rings (SSSR count). The Balaban J connectivity index is 1.82. The second-order valence-corrected chi connectivity index (χ2v) is 7.79. The molecular weight excluding hydrogens is 423 g/mol. The minimum atomic E-state index is -0.613. The molecule has 0 radical (unpaired) electrons. The second-order valence-electron chi connectivity index (χ2n) is 5.59. The molecule has 0 aliphatic heterocycles. The molecule has 1 aromatic carbocycles. The lowest BCUT2D eigenvalue weighted by atomic mass is 10.2. The number of nitriles is 1. The van der Waals surface area contributed by atoms with Crippen LogP contribution >= 0.6 is 35.0 Å². The van der Waals surface area contributed by atoms with Crippen molar-refractivity contribution in [2.75, 3.05) is 5.32 Å². The lowest BCUT2D eigenvalue weighted by molar-refractivity contribution is -0.115. The summed E-state index contributed by atoms with van der Waals surface area (Å²) in [4.78, 5) is 31.4. The predicted molar refractivity (Wildman–Crippen MR) is 108 cm³/mol. The standard InChI is InChI=1S/C18H12Cl2N4O3S/c1-9(16(25)22-12-6-10(19)5-11(20)7-12)28-18-23-15(14-3-2-4-27-14)13(8-21)17(26)24-18/h2-7,9H,1H3,(H,22,25)(H,23,24,26). The number of carbonyl (C=O) groups is 1. The summed E-state index contributed by atoms with van der Waals surface area (Å²) in [6.07, 6.45) is 1.42. The van der Waals surface area contributed by atoms with Crippen LogP contribution in [0.3, 0.4) is 0 Å². The number of hydrogen-bond acceptors (Lipinski definition) is 6. The number of benzene rings is 1. The van der Waals surface area contributed by atoms with E-state index in [0.717, 1.165) is 11.8 Å². The summed E-state index contributed by atoms with van der Waals surface area (Å²) >= 11 is 12.9. The van der Waals surface area contributed by atoms with Gasteiger partial charge in [0.2, 0.25) is 5.91 Å². The predicted octanol–water partition coefficient (Wildman–Crippen LogP) is 4.33. The highest BCUT2D eigenvalue weighted by Crippen LogP contribution is 2.26. The van der Waals surface area contributed by atoms with E-state index in [-0.39, 0.29) is 28.1 Å². The Labute approximate surface area is 173 Å². The maximum atomic E-state index is 12.5. The first-order chi connectivity index (χ1) is 13.4. The number of furan rings is 1. The Morgan fingerprint density at radius 3 is 2.68 bits per heavy atom. The number of carbonyl (C=O) groups excluding carboxylic acids is 1. The van der Waals surface area contributed by atoms with Crippen molar-refractivity contribution in [3.8, 4) is 17.5 Å². The summed E-state index contributed by atoms with van der Waals surface area (Å²) in [5, 5.41) is 12.3. The average Bonchev–Trinajstić information content (AvgIpc) is 3.14. The summed E-state index contributed by atoms with van der Waals surface area (Å²) in [6, 6.07) is 9.73. The summed E-state index contributed by atoms with van der Waals surface area (Å²) in [6.45, 7) is 1.65. The van der Waals surface area contributed by atoms with Gasteiger partial charge >= 0.3 is 0 Å². The number of thioether (sulfide) groups is 1. The highest BCUT2D eigenvalue weighted by Gasteiger charge is 2.20. The van der Waals surface area contributed by atoms with Gasteiger partial charge in [-0.05, 0) is 37.3 Å². The van der Waals surface area contributed by atoms with Gasteiger partial charge in [0.25, 0.3) is 5.56 Å². The Morgan fingerprint density at radius 2 is 2.07 bits per heavy atom. The van der Waals surface area contributed by atoms with Crippen LogP contribution in [0.1, 0.15) is 12.5 Å². The van der Waals surface area contributed by atoms with Gasteiger partial charge in [-0.15, -0.1) is 0 Å². The van der Waals surface area contributed by atoms with E-state index in [1.165, 1.54) is 6.26 Å². The lowest BCUT2D eigenvalue weighted by Crippen LogP contribution is -2.23. The SMILES string of the molecule is CC(Sc1nc(-c2ccco2)c(C#N)c(=O)[nH]1)C(=O)Nc1cc(Cl)cc(Cl)c1. The average molecular weight is 435 g/mol. The van der Waals surface area contributed by atoms with Gasteiger partial charge in [-0.25, -0.2) is 4.98 Å². The molecule has 0 aliphatic rings. The Kier molecular flexibility index (Phi) is 6.09. The minimum absolute atomic E-state index is 0.119. The molecule has 0 saturated heterocycles. The molecule has 0 spiro atoms. The normalized spacial score (nSPS) is 11.6. The zero-order chi connectivity index (χ0) is 20.3. The molecule has 2 N–H and O–H groups in total.